The molecular formula is C49H80O18. The minimum Gasteiger partial charge on any atom is -0.432 e. The van der Waals surface area contributed by atoms with Crippen LogP contribution in [0.15, 0.2) is 11.6 Å². The van der Waals surface area contributed by atoms with E-state index in [4.69, 9.17) is 23.7 Å². The average Bonchev–Trinajstić information content (AvgIpc) is 3.27. The van der Waals surface area contributed by atoms with E-state index < -0.39 is 152 Å². The van der Waals surface area contributed by atoms with Crippen LogP contribution in [0.3, 0.4) is 0 Å². The molecule has 384 valence electrons. The summed E-state index contributed by atoms with van der Waals surface area (Å²) in [5.74, 6) is -2.76. The van der Waals surface area contributed by atoms with Crippen molar-refractivity contribution >= 4 is 5.97 Å². The zero-order valence-corrected chi connectivity index (χ0v) is 40.0. The van der Waals surface area contributed by atoms with Crippen molar-refractivity contribution in [2.75, 3.05) is 19.8 Å². The number of esters is 1. The molecule has 7 fully saturated rings. The highest BCUT2D eigenvalue weighted by Gasteiger charge is 2.68. The molecule has 12 N–H and O–H groups in total. The van der Waals surface area contributed by atoms with Crippen molar-refractivity contribution in [3.63, 3.8) is 0 Å². The largest absolute Gasteiger partial charge is 0.432 e. The summed E-state index contributed by atoms with van der Waals surface area (Å²) in [6, 6.07) is 0. The number of fused-ring (bicyclic) bond motifs is 7. The minimum absolute atomic E-state index is 0.00347. The number of carbonyl (C=O) groups excluding carboxylic acids is 1. The molecule has 18 heteroatoms. The summed E-state index contributed by atoms with van der Waals surface area (Å²) in [4.78, 5) is 14.5. The first-order valence-corrected chi connectivity index (χ1v) is 24.8. The second-order valence-corrected chi connectivity index (χ2v) is 23.9. The maximum absolute atomic E-state index is 14.5. The van der Waals surface area contributed by atoms with Gasteiger partial charge in [-0.1, -0.05) is 60.1 Å². The highest BCUT2D eigenvalue weighted by molar-refractivity contribution is 5.73. The molecule has 18 unspecified atom stereocenters. The van der Waals surface area contributed by atoms with Crippen molar-refractivity contribution in [3.05, 3.63) is 11.6 Å². The number of hydrogen-bond donors (Lipinski definition) is 12. The summed E-state index contributed by atoms with van der Waals surface area (Å²) >= 11 is 0. The highest BCUT2D eigenvalue weighted by Crippen LogP contribution is 2.70. The third-order valence-electron chi connectivity index (χ3n) is 19.1. The second-order valence-electron chi connectivity index (χ2n) is 23.9. The number of carbonyl (C=O) groups is 1. The SMILES string of the molecule is CC1C[C@H](OC2C(CO)O[C@@H](OCC3O[C@@H](OC(=O)C4CC(C)(C)CC5C6=CCC7C(CC(O)C8C(C)(CO)C(O)C(O)CC78C)C6(C)CCC45)[C@@H](O)[C@H](O)C3O)[C@@H](O)[C@@H]2C)[C@@H](O)[C@@H](O)C1O. The van der Waals surface area contributed by atoms with E-state index in [1.54, 1.807) is 20.8 Å². The summed E-state index contributed by atoms with van der Waals surface area (Å²) in [5.41, 5.74) is -0.998. The summed E-state index contributed by atoms with van der Waals surface area (Å²) in [6.07, 6.45) is -14.3. The Morgan fingerprint density at radius 2 is 1.42 bits per heavy atom. The lowest BCUT2D eigenvalue weighted by molar-refractivity contribution is -0.330. The van der Waals surface area contributed by atoms with Crippen LogP contribution >= 0.6 is 0 Å². The molecule has 2 aliphatic heterocycles. The molecule has 67 heavy (non-hydrogen) atoms. The van der Waals surface area contributed by atoms with E-state index in [0.29, 0.717) is 32.1 Å². The van der Waals surface area contributed by atoms with Crippen LogP contribution in [0, 0.1) is 69.0 Å². The number of rotatable bonds is 9. The van der Waals surface area contributed by atoms with Gasteiger partial charge in [-0.25, -0.2) is 0 Å². The van der Waals surface area contributed by atoms with E-state index in [2.05, 4.69) is 33.8 Å². The molecule has 8 rings (SSSR count). The van der Waals surface area contributed by atoms with Crippen molar-refractivity contribution in [2.24, 2.45) is 69.0 Å². The van der Waals surface area contributed by atoms with E-state index in [0.717, 1.165) is 12.8 Å². The topological polar surface area (TPSA) is 306 Å². The number of hydrogen-bond acceptors (Lipinski definition) is 18. The summed E-state index contributed by atoms with van der Waals surface area (Å²) < 4.78 is 29.8. The standard InChI is InChI=1S/C49H80O18/c1-20-12-30(35(56)37(58)33(20)54)64-40-21(2)34(55)44(65-31(40)17-50)63-18-32-36(57)38(59)39(60)45(66-32)67-43(62)24-15-46(3,4)14-23-22(24)10-11-47(5)25(23)8-9-26-27(47)13-28(52)41-48(26,6)16-29(53)42(61)49(41,7)19-51/h8,20-24,26-42,44-45,50-61H,9-19H2,1-7H3/t20?,21-,22?,23?,24?,26?,27?,28?,29?,30-,31?,32?,33?,34-,35+,36?,37-,38+,39-,40?,41?,42?,44+,45-,47?,48?,49?/m0/s1. The lowest BCUT2D eigenvalue weighted by Gasteiger charge is -2.68. The molecule has 8 aliphatic rings. The number of allylic oxidation sites excluding steroid dienone is 2. The van der Waals surface area contributed by atoms with Crippen LogP contribution in [0.4, 0.5) is 0 Å². The Morgan fingerprint density at radius 3 is 2.09 bits per heavy atom. The van der Waals surface area contributed by atoms with Crippen LogP contribution < -0.4 is 0 Å². The normalized spacial score (nSPS) is 55.2. The van der Waals surface area contributed by atoms with Gasteiger partial charge in [-0.3, -0.25) is 4.79 Å². The van der Waals surface area contributed by atoms with Crippen molar-refractivity contribution in [1.29, 1.82) is 0 Å². The Balaban J connectivity index is 0.942. The Kier molecular flexibility index (Phi) is 14.6. The van der Waals surface area contributed by atoms with E-state index >= 15 is 0 Å². The van der Waals surface area contributed by atoms with Gasteiger partial charge in [-0.2, -0.15) is 0 Å². The van der Waals surface area contributed by atoms with Gasteiger partial charge >= 0.3 is 5.97 Å². The molecule has 5 saturated carbocycles. The van der Waals surface area contributed by atoms with E-state index in [-0.39, 0.29) is 47.5 Å². The molecule has 2 saturated heterocycles. The third-order valence-corrected chi connectivity index (χ3v) is 19.1. The predicted octanol–water partition coefficient (Wildman–Crippen LogP) is -0.513. The summed E-state index contributed by atoms with van der Waals surface area (Å²) in [5, 5.41) is 131. The first-order valence-electron chi connectivity index (χ1n) is 24.8. The molecule has 18 nitrogen and oxygen atoms in total. The van der Waals surface area contributed by atoms with Crippen LogP contribution in [-0.2, 0) is 28.5 Å². The Morgan fingerprint density at radius 1 is 0.746 bits per heavy atom. The molecule has 6 aliphatic carbocycles. The van der Waals surface area contributed by atoms with Crippen LogP contribution in [0.1, 0.15) is 99.8 Å². The molecule has 0 bridgehead atoms. The van der Waals surface area contributed by atoms with Gasteiger partial charge in [-0.15, -0.1) is 0 Å². The third kappa shape index (κ3) is 8.69. The Bertz CT molecular complexity index is 1800. The van der Waals surface area contributed by atoms with E-state index in [1.165, 1.54) is 5.57 Å². The number of ether oxygens (including phenoxy) is 5. The smallest absolute Gasteiger partial charge is 0.311 e. The number of aliphatic hydroxyl groups excluding tert-OH is 12. The average molecular weight is 957 g/mol. The van der Waals surface area contributed by atoms with Gasteiger partial charge in [0.2, 0.25) is 6.29 Å². The lowest BCUT2D eigenvalue weighted by atomic mass is 9.38. The summed E-state index contributed by atoms with van der Waals surface area (Å²) in [6.45, 7) is 12.3. The van der Waals surface area contributed by atoms with Crippen LogP contribution in [-0.4, -0.2) is 185 Å². The fourth-order valence-corrected chi connectivity index (χ4v) is 15.5. The molecule has 27 atom stereocenters. The van der Waals surface area contributed by atoms with Crippen LogP contribution in [0.2, 0.25) is 0 Å². The van der Waals surface area contributed by atoms with Crippen molar-refractivity contribution in [1.82, 2.24) is 0 Å². The van der Waals surface area contributed by atoms with Gasteiger partial charge in [0.1, 0.15) is 48.8 Å². The molecular weight excluding hydrogens is 877 g/mol. The molecule has 0 aromatic rings. The zero-order chi connectivity index (χ0) is 49.0. The maximum Gasteiger partial charge on any atom is 0.311 e. The van der Waals surface area contributed by atoms with Gasteiger partial charge in [0.05, 0.1) is 62.4 Å². The lowest BCUT2D eigenvalue weighted by Crippen LogP contribution is -2.68. The highest BCUT2D eigenvalue weighted by atomic mass is 16.7. The Labute approximate surface area is 393 Å². The van der Waals surface area contributed by atoms with Gasteiger partial charge in [0, 0.05) is 17.3 Å². The van der Waals surface area contributed by atoms with Gasteiger partial charge in [0.15, 0.2) is 6.29 Å². The fraction of sp³-hybridized carbons (Fsp3) is 0.939. The summed E-state index contributed by atoms with van der Waals surface area (Å²) in [7, 11) is 0. The molecule has 0 spiro atoms. The molecule has 0 radical (unpaired) electrons. The molecule has 0 amide bonds. The monoisotopic (exact) mass is 957 g/mol. The first-order chi connectivity index (χ1) is 31.3. The Hall–Kier alpha value is -1.43. The maximum atomic E-state index is 14.5. The van der Waals surface area contributed by atoms with Gasteiger partial charge in [-0.05, 0) is 97.2 Å². The van der Waals surface area contributed by atoms with Crippen molar-refractivity contribution < 1.29 is 89.8 Å². The van der Waals surface area contributed by atoms with Gasteiger partial charge < -0.3 is 85.0 Å². The number of aliphatic hydroxyl groups is 12. The predicted molar refractivity (Wildman–Crippen MR) is 235 cm³/mol. The first kappa shape index (κ1) is 51.9. The van der Waals surface area contributed by atoms with Gasteiger partial charge in [0.25, 0.3) is 0 Å². The van der Waals surface area contributed by atoms with Crippen molar-refractivity contribution in [3.8, 4) is 0 Å². The molecule has 0 aromatic carbocycles. The van der Waals surface area contributed by atoms with Crippen molar-refractivity contribution in [2.45, 2.75) is 198 Å². The van der Waals surface area contributed by atoms with Crippen LogP contribution in [0.25, 0.3) is 0 Å². The van der Waals surface area contributed by atoms with E-state index in [1.807, 2.05) is 0 Å². The fourth-order valence-electron chi connectivity index (χ4n) is 15.5. The van der Waals surface area contributed by atoms with Crippen LogP contribution in [0.5, 0.6) is 0 Å². The zero-order valence-electron chi connectivity index (χ0n) is 40.0. The minimum atomic E-state index is -1.81. The molecule has 0 aromatic heterocycles. The van der Waals surface area contributed by atoms with E-state index in [9.17, 15) is 66.1 Å². The quantitative estimate of drug-likeness (QED) is 0.102. The second kappa shape index (κ2) is 18.9. The molecule has 2 heterocycles.